The van der Waals surface area contributed by atoms with E-state index < -0.39 is 0 Å². The second-order valence-electron chi connectivity index (χ2n) is 4.87. The highest BCUT2D eigenvalue weighted by atomic mass is 15.3. The van der Waals surface area contributed by atoms with E-state index in [0.717, 1.165) is 29.0 Å². The first kappa shape index (κ1) is 13.6. The van der Waals surface area contributed by atoms with E-state index in [4.69, 9.17) is 6.42 Å². The van der Waals surface area contributed by atoms with Gasteiger partial charge in [0.05, 0.1) is 11.7 Å². The minimum Gasteiger partial charge on any atom is -0.297 e. The van der Waals surface area contributed by atoms with Crippen molar-refractivity contribution in [2.75, 3.05) is 0 Å². The standard InChI is InChI=1S/C15H20N4/c1-6-13(7-2)17-11(4)14-9-16-15-8-10(3)18-19(15)12(14)5/h1,8-9,11,13,17H,7H2,2-5H3. The number of hydrogen-bond donors (Lipinski definition) is 1. The van der Waals surface area contributed by atoms with Crippen molar-refractivity contribution < 1.29 is 0 Å². The fourth-order valence-electron chi connectivity index (χ4n) is 2.28. The van der Waals surface area contributed by atoms with Gasteiger partial charge in [-0.15, -0.1) is 6.42 Å². The molecule has 0 radical (unpaired) electrons. The predicted molar refractivity (Wildman–Crippen MR) is 76.9 cm³/mol. The minimum absolute atomic E-state index is 0.0875. The fourth-order valence-corrected chi connectivity index (χ4v) is 2.28. The van der Waals surface area contributed by atoms with E-state index in [1.165, 1.54) is 0 Å². The molecule has 2 aromatic heterocycles. The average molecular weight is 256 g/mol. The van der Waals surface area contributed by atoms with Crippen molar-refractivity contribution in [3.63, 3.8) is 0 Å². The van der Waals surface area contributed by atoms with E-state index in [1.54, 1.807) is 0 Å². The molecule has 2 unspecified atom stereocenters. The molecule has 4 heteroatoms. The molecule has 19 heavy (non-hydrogen) atoms. The third-order valence-corrected chi connectivity index (χ3v) is 3.41. The molecule has 4 nitrogen and oxygen atoms in total. The molecule has 2 atom stereocenters. The Bertz CT molecular complexity index is 621. The van der Waals surface area contributed by atoms with E-state index in [1.807, 2.05) is 23.7 Å². The third-order valence-electron chi connectivity index (χ3n) is 3.41. The van der Waals surface area contributed by atoms with Crippen molar-refractivity contribution in [2.24, 2.45) is 0 Å². The largest absolute Gasteiger partial charge is 0.297 e. The second kappa shape index (κ2) is 5.41. The fraction of sp³-hybridized carbons (Fsp3) is 0.467. The van der Waals surface area contributed by atoms with Gasteiger partial charge in [0, 0.05) is 29.6 Å². The molecule has 2 aromatic rings. The van der Waals surface area contributed by atoms with Crippen LogP contribution in [0.15, 0.2) is 12.3 Å². The summed E-state index contributed by atoms with van der Waals surface area (Å²) in [5.74, 6) is 2.76. The van der Waals surface area contributed by atoms with Gasteiger partial charge in [0.25, 0.3) is 0 Å². The number of terminal acetylenes is 1. The number of rotatable bonds is 4. The number of hydrogen-bond acceptors (Lipinski definition) is 3. The number of fused-ring (bicyclic) bond motifs is 1. The molecule has 0 amide bonds. The molecule has 0 aromatic carbocycles. The zero-order chi connectivity index (χ0) is 14.0. The van der Waals surface area contributed by atoms with Crippen LogP contribution >= 0.6 is 0 Å². The Kier molecular flexibility index (Phi) is 3.87. The van der Waals surface area contributed by atoms with Gasteiger partial charge in [0.1, 0.15) is 0 Å². The molecular formula is C15H20N4. The van der Waals surface area contributed by atoms with Gasteiger partial charge in [-0.05, 0) is 27.2 Å². The molecule has 0 saturated heterocycles. The minimum atomic E-state index is 0.0875. The van der Waals surface area contributed by atoms with Gasteiger partial charge in [0.2, 0.25) is 0 Å². The van der Waals surface area contributed by atoms with Crippen LogP contribution in [-0.2, 0) is 0 Å². The molecule has 0 aliphatic carbocycles. The van der Waals surface area contributed by atoms with Crippen LogP contribution < -0.4 is 5.32 Å². The highest BCUT2D eigenvalue weighted by Gasteiger charge is 2.15. The van der Waals surface area contributed by atoms with Crippen molar-refractivity contribution in [1.82, 2.24) is 19.9 Å². The van der Waals surface area contributed by atoms with Crippen LogP contribution in [0, 0.1) is 26.2 Å². The monoisotopic (exact) mass is 256 g/mol. The molecule has 100 valence electrons. The first-order valence-corrected chi connectivity index (χ1v) is 6.60. The topological polar surface area (TPSA) is 42.2 Å². The van der Waals surface area contributed by atoms with Gasteiger partial charge in [-0.2, -0.15) is 5.10 Å². The first-order chi connectivity index (χ1) is 9.06. The lowest BCUT2D eigenvalue weighted by molar-refractivity contribution is 0.506. The maximum atomic E-state index is 5.50. The summed E-state index contributed by atoms with van der Waals surface area (Å²) in [4.78, 5) is 4.45. The van der Waals surface area contributed by atoms with Gasteiger partial charge < -0.3 is 0 Å². The van der Waals surface area contributed by atoms with Gasteiger partial charge in [-0.3, -0.25) is 5.32 Å². The number of nitrogens with zero attached hydrogens (tertiary/aromatic N) is 3. The highest BCUT2D eigenvalue weighted by Crippen LogP contribution is 2.18. The van der Waals surface area contributed by atoms with Crippen molar-refractivity contribution in [1.29, 1.82) is 0 Å². The molecule has 0 aliphatic rings. The Hall–Kier alpha value is -1.86. The highest BCUT2D eigenvalue weighted by molar-refractivity contribution is 5.42. The zero-order valence-electron chi connectivity index (χ0n) is 11.9. The normalized spacial score (nSPS) is 14.3. The number of aryl methyl sites for hydroxylation is 2. The molecule has 0 bridgehead atoms. The second-order valence-corrected chi connectivity index (χ2v) is 4.87. The maximum Gasteiger partial charge on any atom is 0.155 e. The Morgan fingerprint density at radius 2 is 2.21 bits per heavy atom. The van der Waals surface area contributed by atoms with Gasteiger partial charge in [0.15, 0.2) is 5.65 Å². The Labute approximate surface area is 114 Å². The summed E-state index contributed by atoms with van der Waals surface area (Å²) < 4.78 is 1.89. The number of nitrogens with one attached hydrogen (secondary N) is 1. The van der Waals surface area contributed by atoms with Gasteiger partial charge in [-0.25, -0.2) is 9.50 Å². The smallest absolute Gasteiger partial charge is 0.155 e. The van der Waals surface area contributed by atoms with E-state index in [-0.39, 0.29) is 12.1 Å². The summed E-state index contributed by atoms with van der Waals surface area (Å²) in [7, 11) is 0. The van der Waals surface area contributed by atoms with Gasteiger partial charge >= 0.3 is 0 Å². The summed E-state index contributed by atoms with van der Waals surface area (Å²) >= 11 is 0. The van der Waals surface area contributed by atoms with Crippen LogP contribution in [0.1, 0.15) is 43.3 Å². The van der Waals surface area contributed by atoms with E-state index in [9.17, 15) is 0 Å². The van der Waals surface area contributed by atoms with Crippen molar-refractivity contribution in [2.45, 2.75) is 46.2 Å². The summed E-state index contributed by atoms with van der Waals surface area (Å²) in [6.45, 7) is 8.22. The van der Waals surface area contributed by atoms with E-state index in [2.05, 4.69) is 42.1 Å². The molecule has 2 heterocycles. The zero-order valence-corrected chi connectivity index (χ0v) is 11.9. The lowest BCUT2D eigenvalue weighted by Crippen LogP contribution is -2.30. The van der Waals surface area contributed by atoms with Crippen LogP contribution in [0.3, 0.4) is 0 Å². The lowest BCUT2D eigenvalue weighted by atomic mass is 10.1. The lowest BCUT2D eigenvalue weighted by Gasteiger charge is -2.20. The van der Waals surface area contributed by atoms with Crippen molar-refractivity contribution >= 4 is 5.65 Å². The van der Waals surface area contributed by atoms with Crippen molar-refractivity contribution in [3.8, 4) is 12.3 Å². The Balaban J connectivity index is 2.34. The first-order valence-electron chi connectivity index (χ1n) is 6.60. The van der Waals surface area contributed by atoms with Gasteiger partial charge in [-0.1, -0.05) is 12.8 Å². The molecule has 0 saturated carbocycles. The maximum absolute atomic E-state index is 5.50. The van der Waals surface area contributed by atoms with E-state index >= 15 is 0 Å². The van der Waals surface area contributed by atoms with Crippen LogP contribution in [0.25, 0.3) is 5.65 Å². The quantitative estimate of drug-likeness (QED) is 0.854. The molecular weight excluding hydrogens is 236 g/mol. The number of aromatic nitrogens is 3. The summed E-state index contributed by atoms with van der Waals surface area (Å²) in [6.07, 6.45) is 8.32. The SMILES string of the molecule is C#CC(CC)NC(C)c1cnc2cc(C)nn2c1C. The summed E-state index contributed by atoms with van der Waals surface area (Å²) in [5.41, 5.74) is 4.09. The third kappa shape index (κ3) is 2.61. The van der Waals surface area contributed by atoms with Crippen LogP contribution in [0.2, 0.25) is 0 Å². The molecule has 2 rings (SSSR count). The van der Waals surface area contributed by atoms with Crippen LogP contribution in [0.5, 0.6) is 0 Å². The molecule has 0 spiro atoms. The summed E-state index contributed by atoms with van der Waals surface area (Å²) in [5, 5.41) is 7.89. The molecule has 0 fully saturated rings. The van der Waals surface area contributed by atoms with Crippen molar-refractivity contribution in [3.05, 3.63) is 29.2 Å². The predicted octanol–water partition coefficient (Wildman–Crippen LogP) is 2.41. The summed E-state index contributed by atoms with van der Waals surface area (Å²) in [6, 6.07) is 2.22. The Morgan fingerprint density at radius 1 is 1.47 bits per heavy atom. The van der Waals surface area contributed by atoms with Crippen LogP contribution in [-0.4, -0.2) is 20.6 Å². The van der Waals surface area contributed by atoms with E-state index in [0.29, 0.717) is 0 Å². The Morgan fingerprint density at radius 3 is 2.84 bits per heavy atom. The van der Waals surface area contributed by atoms with Crippen LogP contribution in [0.4, 0.5) is 0 Å². The average Bonchev–Trinajstić information content (AvgIpc) is 2.77. The molecule has 0 aliphatic heterocycles. The molecule has 1 N–H and O–H groups in total.